The molecule has 0 aliphatic rings. The molecule has 1 atom stereocenters. The first-order valence-corrected chi connectivity index (χ1v) is 6.86. The molecule has 1 unspecified atom stereocenters. The molecule has 2 aromatic rings. The Balaban J connectivity index is 2.20. The van der Waals surface area contributed by atoms with Gasteiger partial charge in [0, 0.05) is 0 Å². The summed E-state index contributed by atoms with van der Waals surface area (Å²) in [5.74, 6) is 5.29. The van der Waals surface area contributed by atoms with Crippen LogP contribution in [0.25, 0.3) is 0 Å². The topological polar surface area (TPSA) is 38.0 Å². The van der Waals surface area contributed by atoms with Gasteiger partial charge in [-0.25, -0.2) is 4.39 Å². The first-order chi connectivity index (χ1) is 8.20. The third kappa shape index (κ3) is 3.13. The number of hydrazine groups is 1. The van der Waals surface area contributed by atoms with Crippen molar-refractivity contribution in [3.8, 4) is 0 Å². The number of nitrogens with two attached hydrogens (primary N) is 1. The van der Waals surface area contributed by atoms with Gasteiger partial charge in [-0.05, 0) is 62.4 Å². The third-order valence-electron chi connectivity index (χ3n) is 2.57. The van der Waals surface area contributed by atoms with Crippen molar-refractivity contribution in [2.75, 3.05) is 0 Å². The summed E-state index contributed by atoms with van der Waals surface area (Å²) in [6.45, 7) is 0. The van der Waals surface area contributed by atoms with Crippen LogP contribution in [-0.2, 0) is 6.42 Å². The molecule has 0 amide bonds. The van der Waals surface area contributed by atoms with Crippen molar-refractivity contribution in [2.45, 2.75) is 12.5 Å². The lowest BCUT2D eigenvalue weighted by molar-refractivity contribution is 0.549. The number of hydrogen-bond acceptors (Lipinski definition) is 3. The second-order valence-electron chi connectivity index (χ2n) is 3.73. The van der Waals surface area contributed by atoms with Crippen LogP contribution in [0.4, 0.5) is 4.39 Å². The predicted molar refractivity (Wildman–Crippen MR) is 72.2 cm³/mol. The van der Waals surface area contributed by atoms with E-state index in [4.69, 9.17) is 5.84 Å². The molecule has 0 fully saturated rings. The summed E-state index contributed by atoms with van der Waals surface area (Å²) < 4.78 is 13.6. The average Bonchev–Trinajstić information content (AvgIpc) is 2.82. The van der Waals surface area contributed by atoms with Crippen LogP contribution in [0.5, 0.6) is 0 Å². The quantitative estimate of drug-likeness (QED) is 0.670. The van der Waals surface area contributed by atoms with Gasteiger partial charge in [-0.3, -0.25) is 11.3 Å². The summed E-state index contributed by atoms with van der Waals surface area (Å²) in [4.78, 5) is 0. The Kier molecular flexibility index (Phi) is 4.28. The summed E-state index contributed by atoms with van der Waals surface area (Å²) in [6.07, 6.45) is 0.790. The fraction of sp³-hybridized carbons (Fsp3) is 0.167. The van der Waals surface area contributed by atoms with Gasteiger partial charge in [0.15, 0.2) is 0 Å². The Hall–Kier alpha value is -0.750. The minimum Gasteiger partial charge on any atom is -0.271 e. The molecule has 1 aromatic heterocycles. The minimum atomic E-state index is -0.264. The maximum absolute atomic E-state index is 13.1. The molecule has 1 heterocycles. The second kappa shape index (κ2) is 5.73. The Bertz CT molecular complexity index is 487. The molecule has 0 aliphatic carbocycles. The fourth-order valence-electron chi connectivity index (χ4n) is 1.65. The van der Waals surface area contributed by atoms with Crippen LogP contribution in [0.3, 0.4) is 0 Å². The number of nitrogens with one attached hydrogen (secondary N) is 1. The SMILES string of the molecule is NNC(Cc1ccsc1)c1ccc(F)c(Br)c1. The maximum Gasteiger partial charge on any atom is 0.137 e. The number of rotatable bonds is 4. The van der Waals surface area contributed by atoms with Crippen LogP contribution in [0.15, 0.2) is 39.5 Å². The van der Waals surface area contributed by atoms with Gasteiger partial charge >= 0.3 is 0 Å². The number of hydrogen-bond donors (Lipinski definition) is 2. The van der Waals surface area contributed by atoms with Crippen LogP contribution in [0.1, 0.15) is 17.2 Å². The average molecular weight is 315 g/mol. The van der Waals surface area contributed by atoms with E-state index < -0.39 is 0 Å². The third-order valence-corrected chi connectivity index (χ3v) is 3.91. The second-order valence-corrected chi connectivity index (χ2v) is 5.36. The van der Waals surface area contributed by atoms with Gasteiger partial charge in [0.25, 0.3) is 0 Å². The Labute approximate surface area is 112 Å². The Morgan fingerprint density at radius 2 is 2.24 bits per heavy atom. The molecule has 2 nitrogen and oxygen atoms in total. The summed E-state index contributed by atoms with van der Waals surface area (Å²) in [6, 6.07) is 7.00. The molecule has 90 valence electrons. The van der Waals surface area contributed by atoms with E-state index in [0.717, 1.165) is 12.0 Å². The van der Waals surface area contributed by atoms with E-state index >= 15 is 0 Å². The Morgan fingerprint density at radius 3 is 2.82 bits per heavy atom. The van der Waals surface area contributed by atoms with Crippen molar-refractivity contribution in [1.82, 2.24) is 5.43 Å². The van der Waals surface area contributed by atoms with E-state index in [1.54, 1.807) is 23.5 Å². The van der Waals surface area contributed by atoms with Gasteiger partial charge in [-0.2, -0.15) is 11.3 Å². The number of halogens is 2. The number of thiophene rings is 1. The fourth-order valence-corrected chi connectivity index (χ4v) is 2.72. The standard InChI is InChI=1S/C12H12BrFN2S/c13-10-6-9(1-2-11(10)14)12(16-15)5-8-3-4-17-7-8/h1-4,6-7,12,16H,5,15H2. The first-order valence-electron chi connectivity index (χ1n) is 5.13. The molecule has 2 rings (SSSR count). The highest BCUT2D eigenvalue weighted by atomic mass is 79.9. The molecule has 17 heavy (non-hydrogen) atoms. The van der Waals surface area contributed by atoms with E-state index in [-0.39, 0.29) is 11.9 Å². The zero-order valence-corrected chi connectivity index (χ0v) is 11.4. The molecule has 0 aliphatic heterocycles. The first kappa shape index (κ1) is 12.7. The van der Waals surface area contributed by atoms with Gasteiger partial charge in [0.1, 0.15) is 5.82 Å². The van der Waals surface area contributed by atoms with Crippen molar-refractivity contribution in [1.29, 1.82) is 0 Å². The van der Waals surface area contributed by atoms with Gasteiger partial charge in [-0.1, -0.05) is 6.07 Å². The van der Waals surface area contributed by atoms with E-state index in [0.29, 0.717) is 4.47 Å². The summed E-state index contributed by atoms with van der Waals surface area (Å²) in [7, 11) is 0. The monoisotopic (exact) mass is 314 g/mol. The molecular weight excluding hydrogens is 303 g/mol. The maximum atomic E-state index is 13.1. The van der Waals surface area contributed by atoms with Crippen LogP contribution in [0, 0.1) is 5.82 Å². The molecule has 3 N–H and O–H groups in total. The molecule has 0 bridgehead atoms. The highest BCUT2D eigenvalue weighted by Gasteiger charge is 2.12. The summed E-state index contributed by atoms with van der Waals surface area (Å²) in [5, 5.41) is 4.12. The van der Waals surface area contributed by atoms with Crippen LogP contribution < -0.4 is 11.3 Å². The van der Waals surface area contributed by atoms with Gasteiger partial charge in [-0.15, -0.1) is 0 Å². The molecule has 0 radical (unpaired) electrons. The lowest BCUT2D eigenvalue weighted by Gasteiger charge is -2.16. The van der Waals surface area contributed by atoms with E-state index in [1.165, 1.54) is 11.6 Å². The lowest BCUT2D eigenvalue weighted by Crippen LogP contribution is -2.29. The van der Waals surface area contributed by atoms with Crippen molar-refractivity contribution < 1.29 is 4.39 Å². The van der Waals surface area contributed by atoms with Gasteiger partial charge < -0.3 is 0 Å². The predicted octanol–water partition coefficient (Wildman–Crippen LogP) is 3.40. The highest BCUT2D eigenvalue weighted by molar-refractivity contribution is 9.10. The summed E-state index contributed by atoms with van der Waals surface area (Å²) in [5.41, 5.74) is 4.95. The van der Waals surface area contributed by atoms with Crippen molar-refractivity contribution in [3.63, 3.8) is 0 Å². The lowest BCUT2D eigenvalue weighted by atomic mass is 10.0. The van der Waals surface area contributed by atoms with Crippen LogP contribution in [0.2, 0.25) is 0 Å². The molecule has 1 aromatic carbocycles. The molecule has 0 saturated heterocycles. The summed E-state index contributed by atoms with van der Waals surface area (Å²) >= 11 is 4.83. The molecule has 0 spiro atoms. The van der Waals surface area contributed by atoms with Crippen molar-refractivity contribution in [3.05, 3.63) is 56.4 Å². The normalized spacial score (nSPS) is 12.6. The van der Waals surface area contributed by atoms with Gasteiger partial charge in [0.05, 0.1) is 10.5 Å². The van der Waals surface area contributed by atoms with Crippen LogP contribution in [-0.4, -0.2) is 0 Å². The zero-order valence-electron chi connectivity index (χ0n) is 8.99. The van der Waals surface area contributed by atoms with Crippen molar-refractivity contribution >= 4 is 27.3 Å². The molecule has 0 saturated carbocycles. The highest BCUT2D eigenvalue weighted by Crippen LogP contribution is 2.24. The Morgan fingerprint density at radius 1 is 1.41 bits per heavy atom. The largest absolute Gasteiger partial charge is 0.271 e. The zero-order chi connectivity index (χ0) is 12.3. The number of benzene rings is 1. The minimum absolute atomic E-state index is 0.0125. The molecule has 5 heteroatoms. The van der Waals surface area contributed by atoms with E-state index in [9.17, 15) is 4.39 Å². The van der Waals surface area contributed by atoms with Crippen molar-refractivity contribution in [2.24, 2.45) is 5.84 Å². The van der Waals surface area contributed by atoms with Gasteiger partial charge in [0.2, 0.25) is 0 Å². The van der Waals surface area contributed by atoms with E-state index in [1.807, 2.05) is 5.38 Å². The molecular formula is C12H12BrFN2S. The van der Waals surface area contributed by atoms with Crippen LogP contribution >= 0.6 is 27.3 Å². The van der Waals surface area contributed by atoms with E-state index in [2.05, 4.69) is 32.8 Å². The smallest absolute Gasteiger partial charge is 0.137 e.